The van der Waals surface area contributed by atoms with E-state index in [0.29, 0.717) is 30.9 Å². The van der Waals surface area contributed by atoms with E-state index in [1.807, 2.05) is 29.2 Å². The molecule has 0 bridgehead atoms. The molecule has 2 heterocycles. The molecule has 0 radical (unpaired) electrons. The number of benzene rings is 3. The molecule has 2 amide bonds. The molecule has 2 atom stereocenters. The van der Waals surface area contributed by atoms with Gasteiger partial charge in [0.25, 0.3) is 11.8 Å². The van der Waals surface area contributed by atoms with Crippen molar-refractivity contribution in [3.63, 3.8) is 0 Å². The Bertz CT molecular complexity index is 1810. The van der Waals surface area contributed by atoms with Gasteiger partial charge < -0.3 is 19.5 Å². The van der Waals surface area contributed by atoms with Crippen molar-refractivity contribution in [2.45, 2.75) is 70.4 Å². The number of nitrogens with zero attached hydrogens (tertiary/aromatic N) is 4. The maximum Gasteiger partial charge on any atom is 0.274 e. The molecule has 260 valence electrons. The first kappa shape index (κ1) is 36.5. The molecule has 1 aromatic heterocycles. The van der Waals surface area contributed by atoms with Crippen molar-refractivity contribution in [1.29, 1.82) is 0 Å². The van der Waals surface area contributed by atoms with Gasteiger partial charge in [-0.15, -0.1) is 0 Å². The summed E-state index contributed by atoms with van der Waals surface area (Å²) in [6.07, 6.45) is 4.07. The van der Waals surface area contributed by atoms with Crippen LogP contribution in [0.3, 0.4) is 0 Å². The van der Waals surface area contributed by atoms with Crippen LogP contribution in [0.2, 0.25) is 0 Å². The molecule has 0 saturated carbocycles. The van der Waals surface area contributed by atoms with Crippen LogP contribution in [-0.2, 0) is 24.3 Å². The van der Waals surface area contributed by atoms with Crippen LogP contribution in [0, 0.1) is 18.6 Å². The molecule has 2 N–H and O–H groups in total. The zero-order chi connectivity index (χ0) is 35.2. The Morgan fingerprint density at radius 2 is 1.73 bits per heavy atom. The Labute approximate surface area is 296 Å². The van der Waals surface area contributed by atoms with Gasteiger partial charge in [-0.1, -0.05) is 51.0 Å². The third kappa shape index (κ3) is 8.17. The fraction of sp³-hybridized carbons (Fsp3) is 0.361. The van der Waals surface area contributed by atoms with Crippen molar-refractivity contribution in [2.24, 2.45) is 0 Å². The topological polar surface area (TPSA) is 114 Å². The van der Waals surface area contributed by atoms with Crippen LogP contribution in [0.15, 0.2) is 70.0 Å². The molecule has 5 rings (SSSR count). The third-order valence-corrected chi connectivity index (χ3v) is 10.4. The van der Waals surface area contributed by atoms with Gasteiger partial charge in [-0.05, 0) is 83.6 Å². The number of aliphatic hydroxyl groups is 1. The molecule has 3 aromatic carbocycles. The van der Waals surface area contributed by atoms with E-state index in [1.54, 1.807) is 30.0 Å². The lowest BCUT2D eigenvalue weighted by Gasteiger charge is -2.36. The first-order valence-electron chi connectivity index (χ1n) is 16.4. The van der Waals surface area contributed by atoms with E-state index in [2.05, 4.69) is 39.6 Å². The standard InChI is InChI=1S/C36H40BrF2N5O4S/c1-4-6-14-42(15-7-5-2)36(47)32-16-23(3)44(40-32)33-13-12-26(41-49(48)34-20-30(38)29(37)19-31(34)39)18-28(33)35(46)43-21-25-11-9-8-10-24(25)17-27(43)22-45/h8-13,16,18-20,27,41,45H,4-7,14-15,17,21-22H2,1-3H3/t27-,49?/m0/s1. The zero-order valence-corrected chi connectivity index (χ0v) is 30.1. The molecule has 49 heavy (non-hydrogen) atoms. The molecule has 9 nitrogen and oxygen atoms in total. The second-order valence-corrected chi connectivity index (χ2v) is 14.2. The van der Waals surface area contributed by atoms with Gasteiger partial charge in [0.2, 0.25) is 4.90 Å². The summed E-state index contributed by atoms with van der Waals surface area (Å²) in [5, 5.41) is 15.0. The Morgan fingerprint density at radius 3 is 2.41 bits per heavy atom. The molecular formula is C36H40BrF2N5O4S. The lowest BCUT2D eigenvalue weighted by molar-refractivity contribution is 0.0544. The minimum Gasteiger partial charge on any atom is -0.588 e. The van der Waals surface area contributed by atoms with Crippen LogP contribution in [0.25, 0.3) is 5.69 Å². The number of aromatic nitrogens is 2. The van der Waals surface area contributed by atoms with Crippen molar-refractivity contribution in [2.75, 3.05) is 24.4 Å². The number of carbonyl (C=O) groups is 2. The minimum absolute atomic E-state index is 0.101. The predicted molar refractivity (Wildman–Crippen MR) is 189 cm³/mol. The summed E-state index contributed by atoms with van der Waals surface area (Å²) in [6, 6.07) is 15.3. The van der Waals surface area contributed by atoms with Gasteiger partial charge in [0.05, 0.1) is 34.1 Å². The number of aliphatic hydroxyl groups excluding tert-OH is 1. The number of nitrogens with one attached hydrogen (secondary N) is 1. The summed E-state index contributed by atoms with van der Waals surface area (Å²) in [6.45, 7) is 7.15. The van der Waals surface area contributed by atoms with Gasteiger partial charge in [0, 0.05) is 31.4 Å². The summed E-state index contributed by atoms with van der Waals surface area (Å²) in [4.78, 5) is 31.1. The van der Waals surface area contributed by atoms with Crippen LogP contribution >= 0.6 is 15.9 Å². The van der Waals surface area contributed by atoms with Crippen LogP contribution < -0.4 is 4.72 Å². The Hall–Kier alpha value is -3.78. The van der Waals surface area contributed by atoms with E-state index in [-0.39, 0.29) is 40.5 Å². The van der Waals surface area contributed by atoms with Gasteiger partial charge in [-0.2, -0.15) is 5.10 Å². The monoisotopic (exact) mass is 755 g/mol. The first-order chi connectivity index (χ1) is 23.6. The summed E-state index contributed by atoms with van der Waals surface area (Å²) < 4.78 is 46.2. The number of amides is 2. The predicted octanol–water partition coefficient (Wildman–Crippen LogP) is 6.96. The largest absolute Gasteiger partial charge is 0.588 e. The maximum atomic E-state index is 14.7. The number of fused-ring (bicyclic) bond motifs is 1. The van der Waals surface area contributed by atoms with E-state index in [0.717, 1.165) is 48.9 Å². The Balaban J connectivity index is 1.55. The second-order valence-electron chi connectivity index (χ2n) is 12.1. The van der Waals surface area contributed by atoms with Crippen molar-refractivity contribution in [3.05, 3.63) is 105 Å². The van der Waals surface area contributed by atoms with Crippen molar-refractivity contribution < 1.29 is 28.0 Å². The number of carbonyl (C=O) groups excluding carboxylic acids is 2. The number of hydrogen-bond acceptors (Lipinski definition) is 6. The highest BCUT2D eigenvalue weighted by atomic mass is 79.9. The summed E-state index contributed by atoms with van der Waals surface area (Å²) in [5.41, 5.74) is 3.58. The normalized spacial score (nSPS) is 14.8. The SMILES string of the molecule is CCCCN(CCCC)C(=O)c1cc(C)n(-c2ccc(N[S+]([O-])c3cc(F)c(Br)cc3F)cc2C(=O)N2Cc3ccccc3C[C@H]2CO)n1. The van der Waals surface area contributed by atoms with Gasteiger partial charge in [-0.25, -0.2) is 18.2 Å². The molecule has 1 unspecified atom stereocenters. The van der Waals surface area contributed by atoms with Crippen molar-refractivity contribution in [1.82, 2.24) is 19.6 Å². The van der Waals surface area contributed by atoms with Crippen LogP contribution in [0.1, 0.15) is 77.2 Å². The second kappa shape index (κ2) is 16.3. The molecule has 0 fully saturated rings. The molecular weight excluding hydrogens is 716 g/mol. The van der Waals surface area contributed by atoms with Crippen molar-refractivity contribution >= 4 is 44.8 Å². The van der Waals surface area contributed by atoms with E-state index >= 15 is 0 Å². The first-order valence-corrected chi connectivity index (χ1v) is 18.3. The molecule has 0 saturated heterocycles. The van der Waals surface area contributed by atoms with E-state index in [9.17, 15) is 28.0 Å². The van der Waals surface area contributed by atoms with Crippen LogP contribution in [0.4, 0.5) is 14.5 Å². The fourth-order valence-corrected chi connectivity index (χ4v) is 7.12. The maximum absolute atomic E-state index is 14.7. The number of anilines is 1. The number of aryl methyl sites for hydroxylation is 1. The molecule has 13 heteroatoms. The lowest BCUT2D eigenvalue weighted by atomic mass is 9.93. The summed E-state index contributed by atoms with van der Waals surface area (Å²) in [7, 11) is 0. The lowest BCUT2D eigenvalue weighted by Crippen LogP contribution is -2.46. The quantitative estimate of drug-likeness (QED) is 0.113. The highest BCUT2D eigenvalue weighted by Gasteiger charge is 2.32. The van der Waals surface area contributed by atoms with E-state index < -0.39 is 39.8 Å². The average Bonchev–Trinajstić information content (AvgIpc) is 3.49. The number of hydrogen-bond donors (Lipinski definition) is 2. The fourth-order valence-electron chi connectivity index (χ4n) is 5.90. The number of rotatable bonds is 13. The summed E-state index contributed by atoms with van der Waals surface area (Å²) >= 11 is 0.709. The van der Waals surface area contributed by atoms with Crippen LogP contribution in [-0.4, -0.2) is 66.8 Å². The van der Waals surface area contributed by atoms with Crippen molar-refractivity contribution in [3.8, 4) is 5.69 Å². The highest BCUT2D eigenvalue weighted by Crippen LogP contribution is 2.31. The van der Waals surface area contributed by atoms with E-state index in [1.165, 1.54) is 10.7 Å². The molecule has 4 aromatic rings. The minimum atomic E-state index is -2.22. The van der Waals surface area contributed by atoms with Crippen LogP contribution in [0.5, 0.6) is 0 Å². The molecule has 0 aliphatic carbocycles. The smallest absolute Gasteiger partial charge is 0.274 e. The molecule has 1 aliphatic rings. The van der Waals surface area contributed by atoms with Gasteiger partial charge in [0.1, 0.15) is 17.2 Å². The number of halogens is 3. The molecule has 0 spiro atoms. The average molecular weight is 757 g/mol. The van der Waals surface area contributed by atoms with E-state index in [4.69, 9.17) is 0 Å². The zero-order valence-electron chi connectivity index (χ0n) is 27.7. The van der Waals surface area contributed by atoms with Gasteiger partial charge in [0.15, 0.2) is 11.5 Å². The highest BCUT2D eigenvalue weighted by molar-refractivity contribution is 9.10. The third-order valence-electron chi connectivity index (χ3n) is 8.62. The molecule has 1 aliphatic heterocycles. The number of unbranched alkanes of at least 4 members (excludes halogenated alkanes) is 2. The Morgan fingerprint density at radius 1 is 1.04 bits per heavy atom. The Kier molecular flexibility index (Phi) is 12.1. The van der Waals surface area contributed by atoms with Gasteiger partial charge >= 0.3 is 0 Å². The summed E-state index contributed by atoms with van der Waals surface area (Å²) in [5.74, 6) is -2.27. The van der Waals surface area contributed by atoms with Gasteiger partial charge in [-0.3, -0.25) is 9.59 Å².